The van der Waals surface area contributed by atoms with Crippen LogP contribution < -0.4 is 4.90 Å². The third-order valence-electron chi connectivity index (χ3n) is 4.02. The number of rotatable bonds is 4. The van der Waals surface area contributed by atoms with Crippen LogP contribution in [0.3, 0.4) is 0 Å². The summed E-state index contributed by atoms with van der Waals surface area (Å²) in [6.45, 7) is 5.30. The monoisotopic (exact) mass is 312 g/mol. The van der Waals surface area contributed by atoms with E-state index in [2.05, 4.69) is 52.3 Å². The maximum Gasteiger partial charge on any atom is 0.0426 e. The summed E-state index contributed by atoms with van der Waals surface area (Å²) in [4.78, 5) is 4.89. The summed E-state index contributed by atoms with van der Waals surface area (Å²) in [7, 11) is 0. The molecule has 0 aromatic heterocycles. The van der Waals surface area contributed by atoms with Crippen molar-refractivity contribution in [1.82, 2.24) is 4.90 Å². The van der Waals surface area contributed by atoms with Gasteiger partial charge in [0.05, 0.1) is 0 Å². The summed E-state index contributed by atoms with van der Waals surface area (Å²) >= 11 is 6.07. The third kappa shape index (κ3) is 4.12. The van der Waals surface area contributed by atoms with Crippen molar-refractivity contribution in [2.75, 3.05) is 37.6 Å². The van der Waals surface area contributed by atoms with Gasteiger partial charge in [0.2, 0.25) is 0 Å². The Morgan fingerprint density at radius 3 is 2.41 bits per heavy atom. The molecule has 3 heteroatoms. The molecule has 2 aromatic carbocycles. The summed E-state index contributed by atoms with van der Waals surface area (Å²) in [5.74, 6) is 0. The Balaban J connectivity index is 1.49. The van der Waals surface area contributed by atoms with E-state index in [-0.39, 0.29) is 0 Å². The van der Waals surface area contributed by atoms with E-state index in [0.717, 1.165) is 37.7 Å². The van der Waals surface area contributed by atoms with Crippen molar-refractivity contribution in [2.45, 2.75) is 0 Å². The van der Waals surface area contributed by atoms with Crippen LogP contribution in [0.4, 0.5) is 5.69 Å². The minimum Gasteiger partial charge on any atom is -0.369 e. The van der Waals surface area contributed by atoms with Gasteiger partial charge in [-0.15, -0.1) is 0 Å². The van der Waals surface area contributed by atoms with Crippen LogP contribution in [0.2, 0.25) is 5.02 Å². The van der Waals surface area contributed by atoms with Crippen LogP contribution in [0.25, 0.3) is 6.08 Å². The van der Waals surface area contributed by atoms with Gasteiger partial charge in [0.25, 0.3) is 0 Å². The van der Waals surface area contributed by atoms with Gasteiger partial charge in [-0.3, -0.25) is 4.90 Å². The normalized spacial score (nSPS) is 16.3. The largest absolute Gasteiger partial charge is 0.369 e. The topological polar surface area (TPSA) is 6.48 Å². The van der Waals surface area contributed by atoms with Crippen molar-refractivity contribution in [2.24, 2.45) is 0 Å². The molecule has 0 spiro atoms. The molecule has 0 aliphatic carbocycles. The second-order valence-corrected chi connectivity index (χ2v) is 6.02. The maximum absolute atomic E-state index is 6.07. The van der Waals surface area contributed by atoms with Gasteiger partial charge < -0.3 is 4.90 Å². The highest BCUT2D eigenvalue weighted by atomic mass is 35.5. The molecule has 0 saturated carbocycles. The molecule has 114 valence electrons. The first-order valence-corrected chi connectivity index (χ1v) is 8.13. The van der Waals surface area contributed by atoms with E-state index in [1.54, 1.807) is 0 Å². The Kier molecular flexibility index (Phi) is 5.15. The molecule has 1 aliphatic rings. The lowest BCUT2D eigenvalue weighted by Crippen LogP contribution is -2.46. The van der Waals surface area contributed by atoms with Gasteiger partial charge in [-0.25, -0.2) is 0 Å². The van der Waals surface area contributed by atoms with Gasteiger partial charge in [0, 0.05) is 43.4 Å². The van der Waals surface area contributed by atoms with Gasteiger partial charge in [-0.2, -0.15) is 0 Å². The fourth-order valence-electron chi connectivity index (χ4n) is 2.76. The summed E-state index contributed by atoms with van der Waals surface area (Å²) in [5.41, 5.74) is 2.49. The molecule has 0 N–H and O–H groups in total. The predicted molar refractivity (Wildman–Crippen MR) is 95.6 cm³/mol. The minimum atomic E-state index is 0.811. The van der Waals surface area contributed by atoms with Gasteiger partial charge in [-0.05, 0) is 23.8 Å². The first kappa shape index (κ1) is 15.1. The van der Waals surface area contributed by atoms with Crippen molar-refractivity contribution in [3.05, 3.63) is 71.3 Å². The Labute approximate surface area is 137 Å². The number of halogens is 1. The molecule has 2 aromatic rings. The quantitative estimate of drug-likeness (QED) is 0.836. The average molecular weight is 313 g/mol. The van der Waals surface area contributed by atoms with Gasteiger partial charge in [0.15, 0.2) is 0 Å². The molecule has 1 fully saturated rings. The summed E-state index contributed by atoms with van der Waals surface area (Å²) in [6.07, 6.45) is 4.45. The first-order chi connectivity index (χ1) is 10.8. The van der Waals surface area contributed by atoms with E-state index < -0.39 is 0 Å². The van der Waals surface area contributed by atoms with Crippen molar-refractivity contribution in [1.29, 1.82) is 0 Å². The van der Waals surface area contributed by atoms with Crippen LogP contribution in [0.15, 0.2) is 60.7 Å². The summed E-state index contributed by atoms with van der Waals surface area (Å²) in [5, 5.41) is 0.811. The van der Waals surface area contributed by atoms with Gasteiger partial charge >= 0.3 is 0 Å². The highest BCUT2D eigenvalue weighted by Gasteiger charge is 2.16. The summed E-state index contributed by atoms with van der Waals surface area (Å²) in [6, 6.07) is 18.6. The first-order valence-electron chi connectivity index (χ1n) is 7.76. The molecular formula is C19H21ClN2. The molecule has 1 aliphatic heterocycles. The minimum absolute atomic E-state index is 0.811. The fraction of sp³-hybridized carbons (Fsp3) is 0.263. The third-order valence-corrected chi connectivity index (χ3v) is 4.25. The molecule has 1 saturated heterocycles. The summed E-state index contributed by atoms with van der Waals surface area (Å²) < 4.78 is 0. The van der Waals surface area contributed by atoms with E-state index in [1.165, 1.54) is 11.3 Å². The molecule has 1 heterocycles. The number of anilines is 1. The van der Waals surface area contributed by atoms with Gasteiger partial charge in [0.1, 0.15) is 0 Å². The maximum atomic E-state index is 6.07. The second-order valence-electron chi connectivity index (χ2n) is 5.58. The highest BCUT2D eigenvalue weighted by Crippen LogP contribution is 2.20. The Bertz CT molecular complexity index is 616. The van der Waals surface area contributed by atoms with E-state index in [0.29, 0.717) is 0 Å². The highest BCUT2D eigenvalue weighted by molar-refractivity contribution is 6.30. The average Bonchev–Trinajstić information content (AvgIpc) is 2.56. The van der Waals surface area contributed by atoms with E-state index in [4.69, 9.17) is 11.6 Å². The molecule has 0 amide bonds. The van der Waals surface area contributed by atoms with Crippen molar-refractivity contribution in [3.63, 3.8) is 0 Å². The van der Waals surface area contributed by atoms with Crippen LogP contribution in [0.5, 0.6) is 0 Å². The number of nitrogens with zero attached hydrogens (tertiary/aromatic N) is 2. The molecule has 3 rings (SSSR count). The van der Waals surface area contributed by atoms with Gasteiger partial charge in [-0.1, -0.05) is 60.2 Å². The van der Waals surface area contributed by atoms with Crippen LogP contribution >= 0.6 is 11.6 Å². The predicted octanol–water partition coefficient (Wildman–Crippen LogP) is 4.18. The molecule has 2 nitrogen and oxygen atoms in total. The Morgan fingerprint density at radius 2 is 1.68 bits per heavy atom. The second kappa shape index (κ2) is 7.48. The number of hydrogen-bond acceptors (Lipinski definition) is 2. The zero-order valence-electron chi connectivity index (χ0n) is 12.7. The van der Waals surface area contributed by atoms with Crippen LogP contribution in [-0.4, -0.2) is 37.6 Å². The molecule has 22 heavy (non-hydrogen) atoms. The Morgan fingerprint density at radius 1 is 0.909 bits per heavy atom. The lowest BCUT2D eigenvalue weighted by Gasteiger charge is -2.35. The zero-order valence-corrected chi connectivity index (χ0v) is 13.4. The number of piperazine rings is 1. The van der Waals surface area contributed by atoms with E-state index in [1.807, 2.05) is 24.3 Å². The van der Waals surface area contributed by atoms with Crippen LogP contribution in [-0.2, 0) is 0 Å². The van der Waals surface area contributed by atoms with Crippen LogP contribution in [0.1, 0.15) is 5.56 Å². The van der Waals surface area contributed by atoms with Crippen LogP contribution in [0, 0.1) is 0 Å². The van der Waals surface area contributed by atoms with E-state index in [9.17, 15) is 0 Å². The van der Waals surface area contributed by atoms with E-state index >= 15 is 0 Å². The lowest BCUT2D eigenvalue weighted by atomic mass is 10.2. The zero-order chi connectivity index (χ0) is 15.2. The standard InChI is InChI=1S/C19H21ClN2/c20-18-9-4-10-19(16-18)22-14-12-21(13-15-22)11-5-8-17-6-2-1-3-7-17/h1-10,16H,11-15H2/b8-5+. The fourth-order valence-corrected chi connectivity index (χ4v) is 2.95. The van der Waals surface area contributed by atoms with Crippen molar-refractivity contribution < 1.29 is 0 Å². The van der Waals surface area contributed by atoms with Crippen molar-refractivity contribution in [3.8, 4) is 0 Å². The molecule has 0 atom stereocenters. The molecule has 0 bridgehead atoms. The number of hydrogen-bond donors (Lipinski definition) is 0. The Hall–Kier alpha value is -1.77. The molecular weight excluding hydrogens is 292 g/mol. The lowest BCUT2D eigenvalue weighted by molar-refractivity contribution is 0.284. The smallest absolute Gasteiger partial charge is 0.0426 e. The molecule has 0 unspecified atom stereocenters. The molecule has 0 radical (unpaired) electrons. The van der Waals surface area contributed by atoms with Crippen molar-refractivity contribution >= 4 is 23.4 Å². The SMILES string of the molecule is Clc1cccc(N2CCN(C/C=C/c3ccccc3)CC2)c1. The number of benzene rings is 2.